The molecule has 3 rings (SSSR count). The third-order valence-corrected chi connectivity index (χ3v) is 4.03. The van der Waals surface area contributed by atoms with Gasteiger partial charge >= 0.3 is 0 Å². The van der Waals surface area contributed by atoms with Crippen LogP contribution in [0.2, 0.25) is 0 Å². The van der Waals surface area contributed by atoms with Crippen LogP contribution in [0.3, 0.4) is 0 Å². The van der Waals surface area contributed by atoms with Crippen molar-refractivity contribution < 1.29 is 0 Å². The molecule has 2 aromatic carbocycles. The van der Waals surface area contributed by atoms with Crippen molar-refractivity contribution in [1.29, 1.82) is 0 Å². The highest BCUT2D eigenvalue weighted by Crippen LogP contribution is 2.34. The van der Waals surface area contributed by atoms with E-state index < -0.39 is 0 Å². The Kier molecular flexibility index (Phi) is 2.27. The van der Waals surface area contributed by atoms with E-state index >= 15 is 0 Å². The molecular formula is C14H12N2S. The number of nitrogens with two attached hydrogens (primary N) is 2. The Morgan fingerprint density at radius 2 is 1.76 bits per heavy atom. The third-order valence-electron chi connectivity index (χ3n) is 2.89. The van der Waals surface area contributed by atoms with Gasteiger partial charge < -0.3 is 11.5 Å². The van der Waals surface area contributed by atoms with Gasteiger partial charge in [0.2, 0.25) is 0 Å². The van der Waals surface area contributed by atoms with Crippen LogP contribution in [0.1, 0.15) is 5.56 Å². The zero-order valence-corrected chi connectivity index (χ0v) is 10.00. The summed E-state index contributed by atoms with van der Waals surface area (Å²) in [5.41, 5.74) is 12.9. The van der Waals surface area contributed by atoms with Crippen molar-refractivity contribution in [3.8, 4) is 0 Å². The summed E-state index contributed by atoms with van der Waals surface area (Å²) in [4.78, 5) is 0. The maximum atomic E-state index is 5.82. The molecule has 17 heavy (non-hydrogen) atoms. The number of thiophene rings is 1. The van der Waals surface area contributed by atoms with Gasteiger partial charge in [0, 0.05) is 31.9 Å². The third kappa shape index (κ3) is 1.56. The van der Waals surface area contributed by atoms with E-state index in [1.165, 1.54) is 26.4 Å². The zero-order chi connectivity index (χ0) is 11.8. The number of rotatable bonds is 1. The van der Waals surface area contributed by atoms with Crippen LogP contribution < -0.4 is 11.5 Å². The Morgan fingerprint density at radius 3 is 2.59 bits per heavy atom. The fourth-order valence-electron chi connectivity index (χ4n) is 2.00. The molecule has 0 aliphatic heterocycles. The molecule has 1 heterocycles. The summed E-state index contributed by atoms with van der Waals surface area (Å²) in [5, 5.41) is 2.58. The minimum Gasteiger partial charge on any atom is -0.403 e. The molecule has 3 heteroatoms. The van der Waals surface area contributed by atoms with Crippen molar-refractivity contribution in [1.82, 2.24) is 0 Å². The van der Waals surface area contributed by atoms with Gasteiger partial charge in [-0.2, -0.15) is 0 Å². The van der Waals surface area contributed by atoms with Crippen molar-refractivity contribution in [2.75, 3.05) is 0 Å². The summed E-state index contributed by atoms with van der Waals surface area (Å²) < 4.78 is 2.54. The highest BCUT2D eigenvalue weighted by Gasteiger charge is 2.05. The molecule has 2 nitrogen and oxygen atoms in total. The van der Waals surface area contributed by atoms with Gasteiger partial charge in [-0.25, -0.2) is 0 Å². The predicted octanol–water partition coefficient (Wildman–Crippen LogP) is 3.27. The van der Waals surface area contributed by atoms with Crippen LogP contribution >= 0.6 is 11.3 Å². The van der Waals surface area contributed by atoms with Crippen LogP contribution in [-0.2, 0) is 0 Å². The number of benzene rings is 2. The van der Waals surface area contributed by atoms with Gasteiger partial charge in [-0.05, 0) is 12.1 Å². The molecule has 3 aromatic rings. The quantitative estimate of drug-likeness (QED) is 0.686. The normalized spacial score (nSPS) is 12.4. The Morgan fingerprint density at radius 1 is 1.00 bits per heavy atom. The minimum absolute atomic E-state index is 0.615. The van der Waals surface area contributed by atoms with Crippen molar-refractivity contribution in [3.05, 3.63) is 54.2 Å². The van der Waals surface area contributed by atoms with E-state index in [9.17, 15) is 0 Å². The van der Waals surface area contributed by atoms with Gasteiger partial charge in [-0.3, -0.25) is 0 Å². The average molecular weight is 240 g/mol. The largest absolute Gasteiger partial charge is 0.403 e. The van der Waals surface area contributed by atoms with E-state index in [0.29, 0.717) is 5.70 Å². The number of hydrogen-bond acceptors (Lipinski definition) is 3. The van der Waals surface area contributed by atoms with Gasteiger partial charge in [0.25, 0.3) is 0 Å². The second-order valence-electron chi connectivity index (χ2n) is 3.93. The number of fused-ring (bicyclic) bond motifs is 3. The van der Waals surface area contributed by atoms with Crippen LogP contribution in [0.5, 0.6) is 0 Å². The van der Waals surface area contributed by atoms with E-state index in [1.54, 1.807) is 11.3 Å². The highest BCUT2D eigenvalue weighted by atomic mass is 32.1. The van der Waals surface area contributed by atoms with Crippen molar-refractivity contribution in [2.45, 2.75) is 0 Å². The molecule has 0 spiro atoms. The average Bonchev–Trinajstić information content (AvgIpc) is 2.75. The minimum atomic E-state index is 0.615. The lowest BCUT2D eigenvalue weighted by atomic mass is 10.1. The van der Waals surface area contributed by atoms with Gasteiger partial charge in [0.05, 0.1) is 5.70 Å². The Hall–Kier alpha value is -2.00. The summed E-state index contributed by atoms with van der Waals surface area (Å²) in [6.45, 7) is 0. The molecule has 0 saturated heterocycles. The molecule has 0 radical (unpaired) electrons. The first-order valence-corrected chi connectivity index (χ1v) is 6.20. The van der Waals surface area contributed by atoms with Crippen molar-refractivity contribution in [2.24, 2.45) is 11.5 Å². The standard InChI is InChI=1S/C14H12N2S/c15-8-12(16)9-5-6-11-10-3-1-2-4-13(10)17-14(11)7-9/h1-8H,15-16H2/b12-8-. The van der Waals surface area contributed by atoms with E-state index in [-0.39, 0.29) is 0 Å². The lowest BCUT2D eigenvalue weighted by Gasteiger charge is -2.00. The molecule has 0 amide bonds. The van der Waals surface area contributed by atoms with E-state index in [1.807, 2.05) is 6.07 Å². The summed E-state index contributed by atoms with van der Waals surface area (Å²) in [7, 11) is 0. The molecule has 84 valence electrons. The molecule has 0 bridgehead atoms. The molecule has 0 fully saturated rings. The summed E-state index contributed by atoms with van der Waals surface area (Å²) >= 11 is 1.78. The molecule has 0 saturated carbocycles. The SMILES string of the molecule is N/C=C(\N)c1ccc2c(c1)sc1ccccc12. The van der Waals surface area contributed by atoms with Gasteiger partial charge in [-0.15, -0.1) is 11.3 Å². The molecule has 0 unspecified atom stereocenters. The van der Waals surface area contributed by atoms with Crippen LogP contribution in [0.15, 0.2) is 48.7 Å². The first-order valence-electron chi connectivity index (χ1n) is 5.38. The fourth-order valence-corrected chi connectivity index (χ4v) is 3.15. The van der Waals surface area contributed by atoms with E-state index in [2.05, 4.69) is 36.4 Å². The second-order valence-corrected chi connectivity index (χ2v) is 5.01. The first-order chi connectivity index (χ1) is 8.29. The van der Waals surface area contributed by atoms with E-state index in [4.69, 9.17) is 11.5 Å². The number of hydrogen-bond donors (Lipinski definition) is 2. The highest BCUT2D eigenvalue weighted by molar-refractivity contribution is 7.25. The monoisotopic (exact) mass is 240 g/mol. The molecule has 0 aliphatic rings. The zero-order valence-electron chi connectivity index (χ0n) is 9.18. The lowest BCUT2D eigenvalue weighted by molar-refractivity contribution is 1.48. The molecular weight excluding hydrogens is 228 g/mol. The fraction of sp³-hybridized carbons (Fsp3) is 0. The molecule has 0 atom stereocenters. The van der Waals surface area contributed by atoms with E-state index in [0.717, 1.165) is 5.56 Å². The van der Waals surface area contributed by atoms with Gasteiger partial charge in [-0.1, -0.05) is 30.3 Å². The Balaban J connectivity index is 2.34. The Labute approximate surface area is 103 Å². The van der Waals surface area contributed by atoms with Crippen LogP contribution in [-0.4, -0.2) is 0 Å². The van der Waals surface area contributed by atoms with Crippen molar-refractivity contribution >= 4 is 37.2 Å². The second kappa shape index (κ2) is 3.79. The smallest absolute Gasteiger partial charge is 0.0545 e. The summed E-state index contributed by atoms with van der Waals surface area (Å²) in [6.07, 6.45) is 1.44. The van der Waals surface area contributed by atoms with Gasteiger partial charge in [0.1, 0.15) is 0 Å². The molecule has 0 aliphatic carbocycles. The van der Waals surface area contributed by atoms with Crippen LogP contribution in [0.4, 0.5) is 0 Å². The van der Waals surface area contributed by atoms with Gasteiger partial charge in [0.15, 0.2) is 0 Å². The van der Waals surface area contributed by atoms with Crippen LogP contribution in [0, 0.1) is 0 Å². The van der Waals surface area contributed by atoms with Crippen molar-refractivity contribution in [3.63, 3.8) is 0 Å². The summed E-state index contributed by atoms with van der Waals surface area (Å²) in [6, 6.07) is 14.6. The summed E-state index contributed by atoms with van der Waals surface area (Å²) in [5.74, 6) is 0. The topological polar surface area (TPSA) is 52.0 Å². The first kappa shape index (κ1) is 10.2. The maximum absolute atomic E-state index is 5.82. The molecule has 4 N–H and O–H groups in total. The predicted molar refractivity (Wildman–Crippen MR) is 75.7 cm³/mol. The molecule has 1 aromatic heterocycles. The lowest BCUT2D eigenvalue weighted by Crippen LogP contribution is -1.98. The Bertz CT molecular complexity index is 725. The maximum Gasteiger partial charge on any atom is 0.0545 e. The van der Waals surface area contributed by atoms with Crippen LogP contribution in [0.25, 0.3) is 25.9 Å².